The molecule has 1 aliphatic rings. The molecule has 0 aliphatic heterocycles. The Morgan fingerprint density at radius 3 is 2.93 bits per heavy atom. The molecule has 4 heteroatoms. The van der Waals surface area contributed by atoms with E-state index in [-0.39, 0.29) is 0 Å². The molecule has 1 aliphatic carbocycles. The van der Waals surface area contributed by atoms with Crippen LogP contribution in [0.4, 0.5) is 5.13 Å². The Morgan fingerprint density at radius 1 is 1.57 bits per heavy atom. The van der Waals surface area contributed by atoms with Crippen molar-refractivity contribution in [3.63, 3.8) is 0 Å². The summed E-state index contributed by atoms with van der Waals surface area (Å²) in [4.78, 5) is 5.71. The minimum Gasteiger partial charge on any atom is -0.375 e. The third-order valence-electron chi connectivity index (χ3n) is 2.84. The summed E-state index contributed by atoms with van der Waals surface area (Å²) >= 11 is 1.61. The zero-order valence-electron chi connectivity index (χ0n) is 8.71. The number of nitrogens with two attached hydrogens (primary N) is 2. The van der Waals surface area contributed by atoms with E-state index in [1.165, 1.54) is 10.6 Å². The predicted molar refractivity (Wildman–Crippen MR) is 60.4 cm³/mol. The van der Waals surface area contributed by atoms with Crippen LogP contribution < -0.4 is 11.5 Å². The molecule has 1 atom stereocenters. The summed E-state index contributed by atoms with van der Waals surface area (Å²) in [6.07, 6.45) is 2.19. The van der Waals surface area contributed by atoms with E-state index in [4.69, 9.17) is 11.5 Å². The number of anilines is 1. The zero-order chi connectivity index (χ0) is 10.3. The lowest BCUT2D eigenvalue weighted by atomic mass is 9.74. The van der Waals surface area contributed by atoms with Gasteiger partial charge in [0, 0.05) is 17.3 Å². The maximum atomic E-state index is 5.79. The van der Waals surface area contributed by atoms with E-state index < -0.39 is 0 Å². The maximum absolute atomic E-state index is 5.79. The molecule has 2 rings (SSSR count). The van der Waals surface area contributed by atoms with Crippen molar-refractivity contribution in [3.05, 3.63) is 10.6 Å². The molecule has 78 valence electrons. The van der Waals surface area contributed by atoms with Crippen LogP contribution in [0.15, 0.2) is 0 Å². The van der Waals surface area contributed by atoms with Crippen LogP contribution in [0.5, 0.6) is 0 Å². The fraction of sp³-hybridized carbons (Fsp3) is 0.700. The smallest absolute Gasteiger partial charge is 0.180 e. The molecule has 14 heavy (non-hydrogen) atoms. The molecule has 0 amide bonds. The number of nitrogens with zero attached hydrogens (tertiary/aromatic N) is 1. The number of rotatable bonds is 1. The van der Waals surface area contributed by atoms with E-state index in [1.807, 2.05) is 0 Å². The molecular weight excluding hydrogens is 194 g/mol. The van der Waals surface area contributed by atoms with Crippen molar-refractivity contribution in [3.8, 4) is 0 Å². The monoisotopic (exact) mass is 211 g/mol. The fourth-order valence-corrected chi connectivity index (χ4v) is 3.27. The van der Waals surface area contributed by atoms with Gasteiger partial charge < -0.3 is 11.5 Å². The summed E-state index contributed by atoms with van der Waals surface area (Å²) in [6.45, 7) is 5.25. The standard InChI is InChI=1S/C10H17N3S/c1-10(2)3-6(5-11)8-7(4-10)13-9(12)14-8/h6H,3-5,11H2,1-2H3,(H2,12,13). The topological polar surface area (TPSA) is 64.9 Å². The van der Waals surface area contributed by atoms with Crippen molar-refractivity contribution in [2.24, 2.45) is 11.1 Å². The van der Waals surface area contributed by atoms with Crippen LogP contribution >= 0.6 is 11.3 Å². The lowest BCUT2D eigenvalue weighted by Gasteiger charge is -2.33. The molecule has 1 aromatic heterocycles. The van der Waals surface area contributed by atoms with Crippen LogP contribution in [0.1, 0.15) is 36.8 Å². The van der Waals surface area contributed by atoms with Crippen LogP contribution in [0.3, 0.4) is 0 Å². The first-order valence-electron chi connectivity index (χ1n) is 4.97. The molecule has 0 bridgehead atoms. The fourth-order valence-electron chi connectivity index (χ4n) is 2.30. The number of fused-ring (bicyclic) bond motifs is 1. The van der Waals surface area contributed by atoms with Gasteiger partial charge in [-0.15, -0.1) is 11.3 Å². The van der Waals surface area contributed by atoms with Crippen LogP contribution in [-0.2, 0) is 6.42 Å². The second kappa shape index (κ2) is 3.21. The Morgan fingerprint density at radius 2 is 2.29 bits per heavy atom. The van der Waals surface area contributed by atoms with Crippen LogP contribution in [0.2, 0.25) is 0 Å². The number of hydrogen-bond acceptors (Lipinski definition) is 4. The highest BCUT2D eigenvalue weighted by Gasteiger charge is 2.33. The quantitative estimate of drug-likeness (QED) is 0.743. The third-order valence-corrected chi connectivity index (χ3v) is 3.93. The highest BCUT2D eigenvalue weighted by atomic mass is 32.1. The molecule has 0 saturated carbocycles. The minimum absolute atomic E-state index is 0.317. The van der Waals surface area contributed by atoms with E-state index in [2.05, 4.69) is 18.8 Å². The normalized spacial score (nSPS) is 24.6. The van der Waals surface area contributed by atoms with Gasteiger partial charge in [-0.3, -0.25) is 0 Å². The van der Waals surface area contributed by atoms with Gasteiger partial charge >= 0.3 is 0 Å². The molecular formula is C10H17N3S. The van der Waals surface area contributed by atoms with Gasteiger partial charge in [-0.2, -0.15) is 0 Å². The summed E-state index contributed by atoms with van der Waals surface area (Å²) in [7, 11) is 0. The van der Waals surface area contributed by atoms with Gasteiger partial charge in [-0.05, 0) is 18.3 Å². The highest BCUT2D eigenvalue weighted by molar-refractivity contribution is 7.15. The summed E-state index contributed by atoms with van der Waals surface area (Å²) < 4.78 is 0. The SMILES string of the molecule is CC1(C)Cc2nc(N)sc2C(CN)C1. The average molecular weight is 211 g/mol. The zero-order valence-corrected chi connectivity index (χ0v) is 9.53. The Labute approximate surface area is 88.5 Å². The highest BCUT2D eigenvalue weighted by Crippen LogP contribution is 2.44. The second-order valence-electron chi connectivity index (χ2n) is 4.84. The molecule has 0 radical (unpaired) electrons. The van der Waals surface area contributed by atoms with Crippen LogP contribution in [0.25, 0.3) is 0 Å². The van der Waals surface area contributed by atoms with Gasteiger partial charge in [0.15, 0.2) is 5.13 Å². The number of hydrogen-bond donors (Lipinski definition) is 2. The van der Waals surface area contributed by atoms with E-state index in [0.717, 1.165) is 12.8 Å². The predicted octanol–water partition coefficient (Wildman–Crippen LogP) is 1.74. The molecule has 1 aromatic rings. The van der Waals surface area contributed by atoms with E-state index in [9.17, 15) is 0 Å². The van der Waals surface area contributed by atoms with Crippen molar-refractivity contribution in [1.82, 2.24) is 4.98 Å². The molecule has 0 spiro atoms. The Bertz CT molecular complexity index is 343. The van der Waals surface area contributed by atoms with Crippen molar-refractivity contribution >= 4 is 16.5 Å². The van der Waals surface area contributed by atoms with Gasteiger partial charge in [-0.25, -0.2) is 4.98 Å². The molecule has 4 N–H and O–H groups in total. The summed E-state index contributed by atoms with van der Waals surface area (Å²) in [5, 5.41) is 0.686. The Balaban J connectivity index is 2.40. The summed E-state index contributed by atoms with van der Waals surface area (Å²) in [5.74, 6) is 0.462. The van der Waals surface area contributed by atoms with Gasteiger partial charge in [-0.1, -0.05) is 13.8 Å². The van der Waals surface area contributed by atoms with Crippen molar-refractivity contribution < 1.29 is 0 Å². The first-order valence-corrected chi connectivity index (χ1v) is 5.78. The molecule has 1 unspecified atom stereocenters. The van der Waals surface area contributed by atoms with Gasteiger partial charge in [0.1, 0.15) is 0 Å². The minimum atomic E-state index is 0.317. The second-order valence-corrected chi connectivity index (χ2v) is 5.90. The van der Waals surface area contributed by atoms with Crippen LogP contribution in [0, 0.1) is 5.41 Å². The lowest BCUT2D eigenvalue weighted by molar-refractivity contribution is 0.282. The number of thiazole rings is 1. The lowest BCUT2D eigenvalue weighted by Crippen LogP contribution is -2.28. The molecule has 1 heterocycles. The first-order chi connectivity index (χ1) is 6.52. The maximum Gasteiger partial charge on any atom is 0.180 e. The summed E-state index contributed by atoms with van der Waals surface area (Å²) in [6, 6.07) is 0. The first kappa shape index (κ1) is 9.93. The number of nitrogen functional groups attached to an aromatic ring is 1. The van der Waals surface area contributed by atoms with Crippen molar-refractivity contribution in [1.29, 1.82) is 0 Å². The summed E-state index contributed by atoms with van der Waals surface area (Å²) in [5.41, 5.74) is 13.0. The Hall–Kier alpha value is -0.610. The largest absolute Gasteiger partial charge is 0.375 e. The average Bonchev–Trinajstić information content (AvgIpc) is 2.41. The number of aromatic nitrogens is 1. The third kappa shape index (κ3) is 1.64. The van der Waals surface area contributed by atoms with E-state index in [0.29, 0.717) is 23.0 Å². The van der Waals surface area contributed by atoms with E-state index >= 15 is 0 Å². The molecule has 0 saturated heterocycles. The Kier molecular flexibility index (Phi) is 2.27. The molecule has 0 fully saturated rings. The molecule has 3 nitrogen and oxygen atoms in total. The molecule has 0 aromatic carbocycles. The van der Waals surface area contributed by atoms with Gasteiger partial charge in [0.25, 0.3) is 0 Å². The van der Waals surface area contributed by atoms with Crippen LogP contribution in [-0.4, -0.2) is 11.5 Å². The van der Waals surface area contributed by atoms with E-state index in [1.54, 1.807) is 11.3 Å². The van der Waals surface area contributed by atoms with Crippen molar-refractivity contribution in [2.45, 2.75) is 32.6 Å². The van der Waals surface area contributed by atoms with Gasteiger partial charge in [0.05, 0.1) is 5.69 Å². The van der Waals surface area contributed by atoms with Gasteiger partial charge in [0.2, 0.25) is 0 Å². The van der Waals surface area contributed by atoms with Crippen molar-refractivity contribution in [2.75, 3.05) is 12.3 Å².